The van der Waals surface area contributed by atoms with Crippen LogP contribution in [0, 0.1) is 0 Å². The lowest BCUT2D eigenvalue weighted by Crippen LogP contribution is -2.51. The zero-order valence-corrected chi connectivity index (χ0v) is 14.0. The van der Waals surface area contributed by atoms with Crippen LogP contribution in [0.2, 0.25) is 0 Å². The van der Waals surface area contributed by atoms with E-state index in [0.29, 0.717) is 25.2 Å². The number of carbonyl (C=O) groups excluding carboxylic acids is 2. The summed E-state index contributed by atoms with van der Waals surface area (Å²) in [5.41, 5.74) is 0.696. The summed E-state index contributed by atoms with van der Waals surface area (Å²) in [5.74, 6) is 0.150. The summed E-state index contributed by atoms with van der Waals surface area (Å²) in [6.07, 6.45) is 0. The maximum absolute atomic E-state index is 12.4. The third kappa shape index (κ3) is 4.28. The molecule has 114 valence electrons. The van der Waals surface area contributed by atoms with Crippen LogP contribution >= 0.6 is 15.9 Å². The van der Waals surface area contributed by atoms with Crippen LogP contribution in [0.4, 0.5) is 0 Å². The molecule has 1 aliphatic rings. The topological polar surface area (TPSA) is 43.9 Å². The summed E-state index contributed by atoms with van der Waals surface area (Å²) < 4.78 is 0.906. The molecule has 0 saturated carbocycles. The Morgan fingerprint density at radius 2 is 1.86 bits per heavy atom. The van der Waals surface area contributed by atoms with Crippen molar-refractivity contribution in [3.05, 3.63) is 34.3 Å². The average Bonchev–Trinajstić information content (AvgIpc) is 2.47. The molecule has 1 heterocycles. The summed E-state index contributed by atoms with van der Waals surface area (Å²) in [7, 11) is 3.52. The maximum Gasteiger partial charge on any atom is 0.253 e. The standard InChI is InChI=1S/C15H20BrN3O2/c1-17(2)14(20)11-18-6-8-19(9-7-18)15(21)12-4-3-5-13(16)10-12/h3-5,10H,6-9,11H2,1-2H3. The fourth-order valence-corrected chi connectivity index (χ4v) is 2.65. The molecule has 0 radical (unpaired) electrons. The number of nitrogens with zero attached hydrogens (tertiary/aromatic N) is 3. The number of hydrogen-bond acceptors (Lipinski definition) is 3. The van der Waals surface area contributed by atoms with Crippen molar-refractivity contribution in [1.29, 1.82) is 0 Å². The highest BCUT2D eigenvalue weighted by Gasteiger charge is 2.23. The molecule has 6 heteroatoms. The largest absolute Gasteiger partial charge is 0.348 e. The van der Waals surface area contributed by atoms with E-state index in [2.05, 4.69) is 20.8 Å². The zero-order chi connectivity index (χ0) is 15.4. The van der Waals surface area contributed by atoms with Gasteiger partial charge >= 0.3 is 0 Å². The summed E-state index contributed by atoms with van der Waals surface area (Å²) in [4.78, 5) is 29.6. The molecule has 5 nitrogen and oxygen atoms in total. The van der Waals surface area contributed by atoms with Crippen molar-refractivity contribution < 1.29 is 9.59 Å². The Morgan fingerprint density at radius 3 is 2.43 bits per heavy atom. The van der Waals surface area contributed by atoms with E-state index in [4.69, 9.17) is 0 Å². The van der Waals surface area contributed by atoms with E-state index in [0.717, 1.165) is 17.6 Å². The lowest BCUT2D eigenvalue weighted by molar-refractivity contribution is -0.130. The minimum Gasteiger partial charge on any atom is -0.348 e. The van der Waals surface area contributed by atoms with E-state index in [-0.39, 0.29) is 11.8 Å². The van der Waals surface area contributed by atoms with Gasteiger partial charge in [0.2, 0.25) is 5.91 Å². The van der Waals surface area contributed by atoms with Crippen molar-refractivity contribution in [3.8, 4) is 0 Å². The molecule has 0 N–H and O–H groups in total. The van der Waals surface area contributed by atoms with E-state index in [9.17, 15) is 9.59 Å². The monoisotopic (exact) mass is 353 g/mol. The Morgan fingerprint density at radius 1 is 1.19 bits per heavy atom. The van der Waals surface area contributed by atoms with Crippen LogP contribution in [0.3, 0.4) is 0 Å². The van der Waals surface area contributed by atoms with Gasteiger partial charge in [-0.15, -0.1) is 0 Å². The number of amides is 2. The fourth-order valence-electron chi connectivity index (χ4n) is 2.25. The normalized spacial score (nSPS) is 15.9. The second kappa shape index (κ2) is 7.04. The first-order valence-electron chi connectivity index (χ1n) is 6.94. The van der Waals surface area contributed by atoms with Gasteiger partial charge in [-0.2, -0.15) is 0 Å². The number of benzene rings is 1. The summed E-state index contributed by atoms with van der Waals surface area (Å²) in [6.45, 7) is 3.21. The van der Waals surface area contributed by atoms with Crippen molar-refractivity contribution >= 4 is 27.7 Å². The number of carbonyl (C=O) groups is 2. The van der Waals surface area contributed by atoms with Gasteiger partial charge in [-0.05, 0) is 18.2 Å². The SMILES string of the molecule is CN(C)C(=O)CN1CCN(C(=O)c2cccc(Br)c2)CC1. The van der Waals surface area contributed by atoms with Crippen LogP contribution in [-0.4, -0.2) is 73.3 Å². The van der Waals surface area contributed by atoms with Crippen LogP contribution in [-0.2, 0) is 4.79 Å². The lowest BCUT2D eigenvalue weighted by Gasteiger charge is -2.34. The minimum absolute atomic E-state index is 0.0508. The molecule has 1 saturated heterocycles. The Hall–Kier alpha value is -1.40. The molecule has 1 aromatic carbocycles. The van der Waals surface area contributed by atoms with E-state index < -0.39 is 0 Å². The molecule has 1 fully saturated rings. The number of piperazine rings is 1. The molecular formula is C15H20BrN3O2. The van der Waals surface area contributed by atoms with Crippen LogP contribution in [0.25, 0.3) is 0 Å². The highest BCUT2D eigenvalue weighted by Crippen LogP contribution is 2.14. The van der Waals surface area contributed by atoms with E-state index in [1.165, 1.54) is 0 Å². The summed E-state index contributed by atoms with van der Waals surface area (Å²) in [5, 5.41) is 0. The van der Waals surface area contributed by atoms with Crippen molar-refractivity contribution in [2.24, 2.45) is 0 Å². The van der Waals surface area contributed by atoms with Crippen molar-refractivity contribution in [3.63, 3.8) is 0 Å². The van der Waals surface area contributed by atoms with Gasteiger partial charge in [0.1, 0.15) is 0 Å². The molecule has 1 aliphatic heterocycles. The van der Waals surface area contributed by atoms with Gasteiger partial charge in [-0.3, -0.25) is 14.5 Å². The molecule has 0 unspecified atom stereocenters. The lowest BCUT2D eigenvalue weighted by atomic mass is 10.2. The quantitative estimate of drug-likeness (QED) is 0.822. The Bertz CT molecular complexity index is 525. The van der Waals surface area contributed by atoms with Gasteiger partial charge in [0.15, 0.2) is 0 Å². The summed E-state index contributed by atoms with van der Waals surface area (Å²) in [6, 6.07) is 7.43. The van der Waals surface area contributed by atoms with E-state index >= 15 is 0 Å². The average molecular weight is 354 g/mol. The smallest absolute Gasteiger partial charge is 0.253 e. The van der Waals surface area contributed by atoms with E-state index in [1.54, 1.807) is 19.0 Å². The molecule has 1 aromatic rings. The van der Waals surface area contributed by atoms with Gasteiger partial charge in [-0.25, -0.2) is 0 Å². The second-order valence-electron chi connectivity index (χ2n) is 5.37. The molecule has 0 spiro atoms. The number of likely N-dealkylation sites (N-methyl/N-ethyl adjacent to an activating group) is 1. The Kier molecular flexibility index (Phi) is 5.36. The molecule has 2 amide bonds. The molecular weight excluding hydrogens is 334 g/mol. The number of rotatable bonds is 3. The van der Waals surface area contributed by atoms with Gasteiger partial charge in [0.25, 0.3) is 5.91 Å². The third-order valence-corrected chi connectivity index (χ3v) is 4.08. The van der Waals surface area contributed by atoms with Crippen molar-refractivity contribution in [1.82, 2.24) is 14.7 Å². The second-order valence-corrected chi connectivity index (χ2v) is 6.28. The van der Waals surface area contributed by atoms with Gasteiger partial charge < -0.3 is 9.80 Å². The maximum atomic E-state index is 12.4. The van der Waals surface area contributed by atoms with Gasteiger partial charge in [0.05, 0.1) is 6.54 Å². The van der Waals surface area contributed by atoms with Gasteiger partial charge in [0, 0.05) is 50.3 Å². The molecule has 2 rings (SSSR count). The first-order chi connectivity index (χ1) is 9.97. The first-order valence-corrected chi connectivity index (χ1v) is 7.74. The Labute approximate surface area is 133 Å². The molecule has 0 aromatic heterocycles. The first kappa shape index (κ1) is 16.0. The third-order valence-electron chi connectivity index (χ3n) is 3.59. The van der Waals surface area contributed by atoms with Crippen LogP contribution in [0.5, 0.6) is 0 Å². The zero-order valence-electron chi connectivity index (χ0n) is 12.4. The molecule has 0 bridgehead atoms. The van der Waals surface area contributed by atoms with Crippen LogP contribution in [0.15, 0.2) is 28.7 Å². The van der Waals surface area contributed by atoms with Crippen LogP contribution in [0.1, 0.15) is 10.4 Å². The van der Waals surface area contributed by atoms with Crippen molar-refractivity contribution in [2.45, 2.75) is 0 Å². The fraction of sp³-hybridized carbons (Fsp3) is 0.467. The highest BCUT2D eigenvalue weighted by atomic mass is 79.9. The number of hydrogen-bond donors (Lipinski definition) is 0. The molecule has 21 heavy (non-hydrogen) atoms. The van der Waals surface area contributed by atoms with Crippen LogP contribution < -0.4 is 0 Å². The highest BCUT2D eigenvalue weighted by molar-refractivity contribution is 9.10. The predicted molar refractivity (Wildman–Crippen MR) is 85.2 cm³/mol. The van der Waals surface area contributed by atoms with Gasteiger partial charge in [-0.1, -0.05) is 22.0 Å². The molecule has 0 atom stereocenters. The minimum atomic E-state index is 0.0508. The summed E-state index contributed by atoms with van der Waals surface area (Å²) >= 11 is 3.38. The predicted octanol–water partition coefficient (Wildman–Crippen LogP) is 1.30. The van der Waals surface area contributed by atoms with Crippen molar-refractivity contribution in [2.75, 3.05) is 46.8 Å². The van der Waals surface area contributed by atoms with E-state index in [1.807, 2.05) is 29.2 Å². The molecule has 0 aliphatic carbocycles. The Balaban J connectivity index is 1.89. The number of halogens is 1.